The van der Waals surface area contributed by atoms with Gasteiger partial charge < -0.3 is 0 Å². The molecule has 2 rings (SSSR count). The molecule has 0 aliphatic heterocycles. The van der Waals surface area contributed by atoms with Crippen molar-refractivity contribution in [1.29, 1.82) is 0 Å². The maximum atomic E-state index is 6.46. The number of hydrogen-bond acceptors (Lipinski definition) is 1. The van der Waals surface area contributed by atoms with Crippen molar-refractivity contribution in [2.24, 2.45) is 5.41 Å². The van der Waals surface area contributed by atoms with Gasteiger partial charge in [0.1, 0.15) is 0 Å². The highest BCUT2D eigenvalue weighted by molar-refractivity contribution is 7.12. The van der Waals surface area contributed by atoms with Crippen LogP contribution in [0.3, 0.4) is 0 Å². The molecule has 14 heavy (non-hydrogen) atoms. The van der Waals surface area contributed by atoms with Gasteiger partial charge in [0, 0.05) is 9.75 Å². The number of alkyl halides is 1. The van der Waals surface area contributed by atoms with E-state index >= 15 is 0 Å². The maximum Gasteiger partial charge on any atom is 0.0601 e. The van der Waals surface area contributed by atoms with Crippen LogP contribution in [0.15, 0.2) is 6.07 Å². The van der Waals surface area contributed by atoms with Crippen molar-refractivity contribution in [1.82, 2.24) is 0 Å². The van der Waals surface area contributed by atoms with Crippen LogP contribution in [0.5, 0.6) is 0 Å². The first-order chi connectivity index (χ1) is 6.50. The van der Waals surface area contributed by atoms with Crippen molar-refractivity contribution < 1.29 is 0 Å². The van der Waals surface area contributed by atoms with E-state index in [9.17, 15) is 0 Å². The van der Waals surface area contributed by atoms with Crippen molar-refractivity contribution in [3.8, 4) is 0 Å². The molecule has 0 saturated heterocycles. The van der Waals surface area contributed by atoms with Gasteiger partial charge in [-0.1, -0.05) is 6.92 Å². The van der Waals surface area contributed by atoms with Crippen molar-refractivity contribution >= 4 is 22.9 Å². The minimum absolute atomic E-state index is 0.229. The second-order valence-electron chi connectivity index (χ2n) is 4.85. The second kappa shape index (κ2) is 3.53. The van der Waals surface area contributed by atoms with E-state index in [0.717, 1.165) is 6.42 Å². The molecule has 1 saturated carbocycles. The summed E-state index contributed by atoms with van der Waals surface area (Å²) in [6.07, 6.45) is 3.86. The third-order valence-electron chi connectivity index (χ3n) is 3.19. The van der Waals surface area contributed by atoms with E-state index in [1.54, 1.807) is 0 Å². The van der Waals surface area contributed by atoms with Crippen LogP contribution in [0.4, 0.5) is 0 Å². The van der Waals surface area contributed by atoms with Gasteiger partial charge in [-0.15, -0.1) is 22.9 Å². The van der Waals surface area contributed by atoms with Crippen LogP contribution in [0.1, 0.15) is 46.9 Å². The summed E-state index contributed by atoms with van der Waals surface area (Å²) in [4.78, 5) is 2.77. The van der Waals surface area contributed by atoms with Gasteiger partial charge in [-0.3, -0.25) is 0 Å². The van der Waals surface area contributed by atoms with Crippen LogP contribution in [0.2, 0.25) is 0 Å². The van der Waals surface area contributed by atoms with E-state index in [1.807, 2.05) is 11.3 Å². The quantitative estimate of drug-likeness (QED) is 0.650. The molecule has 1 fully saturated rings. The van der Waals surface area contributed by atoms with Crippen LogP contribution in [0, 0.1) is 19.3 Å². The third kappa shape index (κ3) is 2.14. The molecule has 0 N–H and O–H groups in total. The van der Waals surface area contributed by atoms with Crippen LogP contribution < -0.4 is 0 Å². The topological polar surface area (TPSA) is 0 Å². The molecule has 1 atom stereocenters. The van der Waals surface area contributed by atoms with Crippen molar-refractivity contribution in [2.75, 3.05) is 0 Å². The molecule has 1 aliphatic carbocycles. The lowest BCUT2D eigenvalue weighted by Gasteiger charge is -2.13. The smallest absolute Gasteiger partial charge is 0.0601 e. The Bertz CT molecular complexity index is 336. The fourth-order valence-corrected chi connectivity index (χ4v) is 3.57. The minimum atomic E-state index is 0.229. The number of hydrogen-bond donors (Lipinski definition) is 0. The fourth-order valence-electron chi connectivity index (χ4n) is 1.92. The first-order valence-corrected chi connectivity index (χ1v) is 6.46. The molecule has 0 nitrogen and oxygen atoms in total. The Morgan fingerprint density at radius 1 is 1.50 bits per heavy atom. The molecular formula is C12H17ClS. The third-order valence-corrected chi connectivity index (χ3v) is 4.56. The summed E-state index contributed by atoms with van der Waals surface area (Å²) < 4.78 is 0. The molecule has 1 unspecified atom stereocenters. The van der Waals surface area contributed by atoms with E-state index in [1.165, 1.54) is 28.2 Å². The molecule has 2 heteroatoms. The summed E-state index contributed by atoms with van der Waals surface area (Å²) in [5.74, 6) is 0. The predicted molar refractivity (Wildman–Crippen MR) is 64.3 cm³/mol. The molecular weight excluding hydrogens is 212 g/mol. The lowest BCUT2D eigenvalue weighted by atomic mass is 9.99. The highest BCUT2D eigenvalue weighted by Crippen LogP contribution is 2.53. The summed E-state index contributed by atoms with van der Waals surface area (Å²) in [6, 6.07) is 2.25. The van der Waals surface area contributed by atoms with Crippen molar-refractivity contribution in [2.45, 2.75) is 45.4 Å². The van der Waals surface area contributed by atoms with E-state index in [0.29, 0.717) is 5.41 Å². The minimum Gasteiger partial charge on any atom is -0.146 e. The van der Waals surface area contributed by atoms with E-state index in [-0.39, 0.29) is 5.38 Å². The van der Waals surface area contributed by atoms with E-state index in [4.69, 9.17) is 11.6 Å². The van der Waals surface area contributed by atoms with Gasteiger partial charge in [-0.05, 0) is 50.2 Å². The maximum absolute atomic E-state index is 6.46. The zero-order valence-corrected chi connectivity index (χ0v) is 10.6. The second-order valence-corrected chi connectivity index (χ2v) is 6.84. The summed E-state index contributed by atoms with van der Waals surface area (Å²) >= 11 is 8.32. The van der Waals surface area contributed by atoms with Crippen molar-refractivity contribution in [3.63, 3.8) is 0 Å². The standard InChI is InChI=1S/C12H17ClS/c1-8-6-10(9(2)14-8)11(13)7-12(3)4-5-12/h6,11H,4-5,7H2,1-3H3. The first kappa shape index (κ1) is 10.5. The van der Waals surface area contributed by atoms with Gasteiger partial charge in [-0.2, -0.15) is 0 Å². The molecule has 78 valence electrons. The highest BCUT2D eigenvalue weighted by Gasteiger charge is 2.39. The van der Waals surface area contributed by atoms with E-state index < -0.39 is 0 Å². The summed E-state index contributed by atoms with van der Waals surface area (Å²) in [5, 5.41) is 0.229. The van der Waals surface area contributed by atoms with Crippen molar-refractivity contribution in [3.05, 3.63) is 21.4 Å². The molecule has 0 bridgehead atoms. The Labute approximate surface area is 95.3 Å². The van der Waals surface area contributed by atoms with Gasteiger partial charge in [0.25, 0.3) is 0 Å². The summed E-state index contributed by atoms with van der Waals surface area (Å²) in [7, 11) is 0. The zero-order chi connectivity index (χ0) is 10.3. The number of thiophene rings is 1. The van der Waals surface area contributed by atoms with Crippen LogP contribution in [0.25, 0.3) is 0 Å². The van der Waals surface area contributed by atoms with E-state index in [2.05, 4.69) is 26.8 Å². The van der Waals surface area contributed by atoms with Gasteiger partial charge in [0.15, 0.2) is 0 Å². The molecule has 0 aromatic carbocycles. The van der Waals surface area contributed by atoms with Gasteiger partial charge in [-0.25, -0.2) is 0 Å². The Kier molecular flexibility index (Phi) is 2.65. The number of halogens is 1. The van der Waals surface area contributed by atoms with Gasteiger partial charge in [0.05, 0.1) is 5.38 Å². The van der Waals surface area contributed by atoms with Crippen LogP contribution >= 0.6 is 22.9 Å². The summed E-state index contributed by atoms with van der Waals surface area (Å²) in [5.41, 5.74) is 1.91. The lowest BCUT2D eigenvalue weighted by molar-refractivity contribution is 0.509. The predicted octanol–water partition coefficient (Wildman–Crippen LogP) is 4.84. The first-order valence-electron chi connectivity index (χ1n) is 5.21. The molecule has 1 aliphatic rings. The highest BCUT2D eigenvalue weighted by atomic mass is 35.5. The SMILES string of the molecule is Cc1cc(C(Cl)CC2(C)CC2)c(C)s1. The van der Waals surface area contributed by atoms with Gasteiger partial charge in [0.2, 0.25) is 0 Å². The largest absolute Gasteiger partial charge is 0.146 e. The average Bonchev–Trinajstić information content (AvgIpc) is 2.68. The number of rotatable bonds is 3. The Balaban J connectivity index is 2.10. The normalized spacial score (nSPS) is 20.9. The molecule has 1 heterocycles. The van der Waals surface area contributed by atoms with Gasteiger partial charge >= 0.3 is 0 Å². The lowest BCUT2D eigenvalue weighted by Crippen LogP contribution is -1.99. The molecule has 0 amide bonds. The number of aryl methyl sites for hydroxylation is 2. The van der Waals surface area contributed by atoms with Crippen LogP contribution in [-0.4, -0.2) is 0 Å². The van der Waals surface area contributed by atoms with Crippen LogP contribution in [-0.2, 0) is 0 Å². The Hall–Kier alpha value is -0.0100. The molecule has 0 radical (unpaired) electrons. The molecule has 0 spiro atoms. The molecule has 1 aromatic rings. The Morgan fingerprint density at radius 3 is 2.57 bits per heavy atom. The Morgan fingerprint density at radius 2 is 2.14 bits per heavy atom. The monoisotopic (exact) mass is 228 g/mol. The molecule has 1 aromatic heterocycles. The summed E-state index contributed by atoms with van der Waals surface area (Å²) in [6.45, 7) is 6.68. The average molecular weight is 229 g/mol. The zero-order valence-electron chi connectivity index (χ0n) is 9.06. The fraction of sp³-hybridized carbons (Fsp3) is 0.667.